The van der Waals surface area contributed by atoms with Gasteiger partial charge in [-0.1, -0.05) is 6.92 Å². The highest BCUT2D eigenvalue weighted by Crippen LogP contribution is 2.20. The first-order valence-corrected chi connectivity index (χ1v) is 6.48. The Hall–Kier alpha value is -0.930. The Morgan fingerprint density at radius 1 is 1.22 bits per heavy atom. The van der Waals surface area contributed by atoms with E-state index in [9.17, 15) is 0 Å². The van der Waals surface area contributed by atoms with Gasteiger partial charge in [0.15, 0.2) is 0 Å². The summed E-state index contributed by atoms with van der Waals surface area (Å²) in [6.45, 7) is 4.94. The van der Waals surface area contributed by atoms with Crippen LogP contribution in [0.5, 0.6) is 11.5 Å². The molecule has 1 aliphatic heterocycles. The van der Waals surface area contributed by atoms with Crippen LogP contribution in [0.1, 0.15) is 26.2 Å². The highest BCUT2D eigenvalue weighted by atomic mass is 35.5. The number of ether oxygens (including phenoxy) is 2. The molecule has 3 nitrogen and oxygen atoms in total. The van der Waals surface area contributed by atoms with Crippen LogP contribution in [-0.4, -0.2) is 25.8 Å². The van der Waals surface area contributed by atoms with Crippen molar-refractivity contribution in [3.63, 3.8) is 0 Å². The van der Waals surface area contributed by atoms with Gasteiger partial charge in [-0.3, -0.25) is 0 Å². The fourth-order valence-electron chi connectivity index (χ4n) is 1.95. The summed E-state index contributed by atoms with van der Waals surface area (Å²) in [5.74, 6) is 1.85. The maximum absolute atomic E-state index is 5.90. The van der Waals surface area contributed by atoms with Gasteiger partial charge in [-0.2, -0.15) is 0 Å². The molecule has 1 unspecified atom stereocenters. The third-order valence-corrected chi connectivity index (χ3v) is 2.85. The average Bonchev–Trinajstić information content (AvgIpc) is 2.39. The van der Waals surface area contributed by atoms with E-state index in [1.807, 2.05) is 24.3 Å². The van der Waals surface area contributed by atoms with Crippen LogP contribution < -0.4 is 14.8 Å². The normalized spacial score (nSPS) is 18.8. The molecule has 1 aromatic carbocycles. The summed E-state index contributed by atoms with van der Waals surface area (Å²) < 4.78 is 11.4. The van der Waals surface area contributed by atoms with Crippen LogP contribution in [0.4, 0.5) is 0 Å². The topological polar surface area (TPSA) is 30.5 Å². The first-order chi connectivity index (χ1) is 8.38. The standard InChI is InChI=1S/C14H21NO2.ClH/c1-2-10-16-12-5-7-13(8-6-12)17-14-4-3-9-15-11-14;/h5-8,14-15H,2-4,9-11H2,1H3;1H. The van der Waals surface area contributed by atoms with E-state index in [1.165, 1.54) is 6.42 Å². The van der Waals surface area contributed by atoms with Crippen molar-refractivity contribution in [3.05, 3.63) is 24.3 Å². The SMILES string of the molecule is CCCOc1ccc(OC2CCCNC2)cc1.Cl. The van der Waals surface area contributed by atoms with Crippen molar-refractivity contribution in [2.24, 2.45) is 0 Å². The molecule has 0 aromatic heterocycles. The highest BCUT2D eigenvalue weighted by molar-refractivity contribution is 5.85. The molecule has 4 heteroatoms. The molecule has 18 heavy (non-hydrogen) atoms. The second-order valence-electron chi connectivity index (χ2n) is 4.41. The second-order valence-corrected chi connectivity index (χ2v) is 4.41. The van der Waals surface area contributed by atoms with E-state index in [0.29, 0.717) is 6.10 Å². The molecule has 102 valence electrons. The third-order valence-electron chi connectivity index (χ3n) is 2.85. The Morgan fingerprint density at radius 2 is 1.94 bits per heavy atom. The minimum absolute atomic E-state index is 0. The molecule has 0 saturated carbocycles. The zero-order valence-electron chi connectivity index (χ0n) is 10.9. The van der Waals surface area contributed by atoms with Crippen molar-refractivity contribution in [1.82, 2.24) is 5.32 Å². The maximum atomic E-state index is 5.90. The van der Waals surface area contributed by atoms with Crippen LogP contribution in [0, 0.1) is 0 Å². The minimum atomic E-state index is 0. The van der Waals surface area contributed by atoms with E-state index < -0.39 is 0 Å². The van der Waals surface area contributed by atoms with Gasteiger partial charge in [0.25, 0.3) is 0 Å². The van der Waals surface area contributed by atoms with E-state index in [4.69, 9.17) is 9.47 Å². The van der Waals surface area contributed by atoms with E-state index >= 15 is 0 Å². The lowest BCUT2D eigenvalue weighted by atomic mass is 10.1. The Bertz CT molecular complexity index is 323. The average molecular weight is 272 g/mol. The largest absolute Gasteiger partial charge is 0.494 e. The number of hydrogen-bond acceptors (Lipinski definition) is 3. The van der Waals surface area contributed by atoms with E-state index in [0.717, 1.165) is 44.0 Å². The molecule has 1 aromatic rings. The lowest BCUT2D eigenvalue weighted by Gasteiger charge is -2.23. The van der Waals surface area contributed by atoms with Crippen LogP contribution in [0.15, 0.2) is 24.3 Å². The highest BCUT2D eigenvalue weighted by Gasteiger charge is 2.13. The van der Waals surface area contributed by atoms with Crippen molar-refractivity contribution in [2.75, 3.05) is 19.7 Å². The Balaban J connectivity index is 0.00000162. The molecule has 1 fully saturated rings. The maximum Gasteiger partial charge on any atom is 0.120 e. The summed E-state index contributed by atoms with van der Waals surface area (Å²) in [4.78, 5) is 0. The van der Waals surface area contributed by atoms with Crippen LogP contribution >= 0.6 is 12.4 Å². The predicted octanol–water partition coefficient (Wildman–Crippen LogP) is 3.03. The molecule has 0 radical (unpaired) electrons. The molecule has 0 amide bonds. The molecule has 1 heterocycles. The summed E-state index contributed by atoms with van der Waals surface area (Å²) in [7, 11) is 0. The second kappa shape index (κ2) is 8.22. The smallest absolute Gasteiger partial charge is 0.120 e. The van der Waals surface area contributed by atoms with Gasteiger partial charge in [-0.25, -0.2) is 0 Å². The fourth-order valence-corrected chi connectivity index (χ4v) is 1.95. The van der Waals surface area contributed by atoms with Gasteiger partial charge < -0.3 is 14.8 Å². The molecule has 1 aliphatic rings. The van der Waals surface area contributed by atoms with Crippen LogP contribution in [0.2, 0.25) is 0 Å². The van der Waals surface area contributed by atoms with Crippen molar-refractivity contribution >= 4 is 12.4 Å². The predicted molar refractivity (Wildman–Crippen MR) is 76.0 cm³/mol. The summed E-state index contributed by atoms with van der Waals surface area (Å²) in [5.41, 5.74) is 0. The minimum Gasteiger partial charge on any atom is -0.494 e. The molecule has 1 N–H and O–H groups in total. The molecular formula is C14H22ClNO2. The molecular weight excluding hydrogens is 250 g/mol. The monoisotopic (exact) mass is 271 g/mol. The van der Waals surface area contributed by atoms with E-state index in [2.05, 4.69) is 12.2 Å². The number of hydrogen-bond donors (Lipinski definition) is 1. The fraction of sp³-hybridized carbons (Fsp3) is 0.571. The molecule has 0 bridgehead atoms. The molecule has 0 aliphatic carbocycles. The zero-order valence-corrected chi connectivity index (χ0v) is 11.7. The van der Waals surface area contributed by atoms with Gasteiger partial charge in [-0.05, 0) is 50.1 Å². The van der Waals surface area contributed by atoms with E-state index in [1.54, 1.807) is 0 Å². The molecule has 1 saturated heterocycles. The van der Waals surface area contributed by atoms with Gasteiger partial charge in [0.2, 0.25) is 0 Å². The van der Waals surface area contributed by atoms with Gasteiger partial charge >= 0.3 is 0 Å². The van der Waals surface area contributed by atoms with Crippen molar-refractivity contribution in [2.45, 2.75) is 32.3 Å². The Morgan fingerprint density at radius 3 is 2.56 bits per heavy atom. The molecule has 2 rings (SSSR count). The first-order valence-electron chi connectivity index (χ1n) is 6.48. The lowest BCUT2D eigenvalue weighted by Crippen LogP contribution is -2.37. The van der Waals surface area contributed by atoms with Crippen molar-refractivity contribution in [3.8, 4) is 11.5 Å². The molecule has 1 atom stereocenters. The number of piperidine rings is 1. The Labute approximate surface area is 115 Å². The number of rotatable bonds is 5. The van der Waals surface area contributed by atoms with E-state index in [-0.39, 0.29) is 12.4 Å². The van der Waals surface area contributed by atoms with Crippen LogP contribution in [0.25, 0.3) is 0 Å². The van der Waals surface area contributed by atoms with Crippen LogP contribution in [0.3, 0.4) is 0 Å². The number of nitrogens with one attached hydrogen (secondary N) is 1. The first kappa shape index (κ1) is 15.1. The quantitative estimate of drug-likeness (QED) is 0.893. The summed E-state index contributed by atoms with van der Waals surface area (Å²) in [5, 5.41) is 3.34. The van der Waals surface area contributed by atoms with Crippen molar-refractivity contribution < 1.29 is 9.47 Å². The van der Waals surface area contributed by atoms with Gasteiger partial charge in [0.05, 0.1) is 6.61 Å². The summed E-state index contributed by atoms with van der Waals surface area (Å²) in [6.07, 6.45) is 3.68. The summed E-state index contributed by atoms with van der Waals surface area (Å²) in [6, 6.07) is 7.92. The lowest BCUT2D eigenvalue weighted by molar-refractivity contribution is 0.167. The zero-order chi connectivity index (χ0) is 11.9. The third kappa shape index (κ3) is 4.75. The Kier molecular flexibility index (Phi) is 6.91. The number of halogens is 1. The van der Waals surface area contributed by atoms with Gasteiger partial charge in [0, 0.05) is 6.54 Å². The van der Waals surface area contributed by atoms with Gasteiger partial charge in [0.1, 0.15) is 17.6 Å². The van der Waals surface area contributed by atoms with Crippen molar-refractivity contribution in [1.29, 1.82) is 0 Å². The molecule has 0 spiro atoms. The summed E-state index contributed by atoms with van der Waals surface area (Å²) >= 11 is 0. The van der Waals surface area contributed by atoms with Crippen LogP contribution in [-0.2, 0) is 0 Å². The number of benzene rings is 1. The van der Waals surface area contributed by atoms with Gasteiger partial charge in [-0.15, -0.1) is 12.4 Å².